The lowest BCUT2D eigenvalue weighted by atomic mass is 9.84. The highest BCUT2D eigenvalue weighted by molar-refractivity contribution is 7.84. The topological polar surface area (TPSA) is 133 Å². The number of phenols is 1. The zero-order valence-electron chi connectivity index (χ0n) is 25.7. The second-order valence-electron chi connectivity index (χ2n) is 11.0. The number of hydrogen-bond acceptors (Lipinski definition) is 9. The predicted octanol–water partition coefficient (Wildman–Crippen LogP) is 5.51. The van der Waals surface area contributed by atoms with Crippen LogP contribution in [0, 0.1) is 13.8 Å². The molecule has 0 fully saturated rings. The van der Waals surface area contributed by atoms with Gasteiger partial charge in [0, 0.05) is 43.1 Å². The number of unbranched alkanes of at least 4 members (excludes halogenated alkanes) is 1. The fraction of sp³-hybridized carbons (Fsp3) is 0.406. The number of rotatable bonds is 12. The maximum Gasteiger partial charge on any atom is 0.385 e. The third-order valence-electron chi connectivity index (χ3n) is 8.13. The molecule has 1 aliphatic heterocycles. The van der Waals surface area contributed by atoms with Crippen LogP contribution >= 0.6 is 11.6 Å². The van der Waals surface area contributed by atoms with Crippen LogP contribution in [-0.4, -0.2) is 58.4 Å². The Morgan fingerprint density at radius 2 is 1.96 bits per heavy atom. The van der Waals surface area contributed by atoms with E-state index in [9.17, 15) is 18.3 Å². The van der Waals surface area contributed by atoms with Gasteiger partial charge >= 0.3 is 16.3 Å². The molecule has 1 N–H and O–H groups in total. The number of halogens is 1. The Bertz CT molecular complexity index is 1830. The van der Waals surface area contributed by atoms with Crippen molar-refractivity contribution in [3.63, 3.8) is 0 Å². The zero-order valence-corrected chi connectivity index (χ0v) is 27.3. The van der Waals surface area contributed by atoms with Gasteiger partial charge in [0.25, 0.3) is 0 Å². The van der Waals surface area contributed by atoms with Gasteiger partial charge in [-0.1, -0.05) is 29.5 Å². The first-order valence-corrected chi connectivity index (χ1v) is 16.7. The third-order valence-corrected chi connectivity index (χ3v) is 9.68. The standard InChI is InChI=1S/C32H37ClN4O7S/c1-5-43-31(39)16-26(25-10-11-27-32(21(25)3)34-35-37(27)13-7-6-12-33)22-9-8-20(2)23(14-22)18-36-19-24-15-28(38)30(42-4)17-29(24)44-45(36,40)41/h8-11,14-15,17,26,38H,5-7,12-13,16,18-19H2,1-4H3. The molecule has 0 spiro atoms. The van der Waals surface area contributed by atoms with Crippen molar-refractivity contribution in [1.29, 1.82) is 0 Å². The Kier molecular flexibility index (Phi) is 9.85. The minimum Gasteiger partial charge on any atom is -0.504 e. The second kappa shape index (κ2) is 13.6. The van der Waals surface area contributed by atoms with Crippen molar-refractivity contribution >= 4 is 38.9 Å². The number of esters is 1. The van der Waals surface area contributed by atoms with Gasteiger partial charge in [-0.05, 0) is 73.6 Å². The summed E-state index contributed by atoms with van der Waals surface area (Å²) in [5.74, 6) is -0.00573. The van der Waals surface area contributed by atoms with Crippen molar-refractivity contribution in [3.8, 4) is 17.2 Å². The molecule has 0 bridgehead atoms. The Balaban J connectivity index is 1.50. The van der Waals surface area contributed by atoms with Crippen molar-refractivity contribution in [1.82, 2.24) is 19.3 Å². The quantitative estimate of drug-likeness (QED) is 0.119. The molecule has 4 aromatic rings. The van der Waals surface area contributed by atoms with Gasteiger partial charge in [0.05, 0.1) is 25.7 Å². The Hall–Kier alpha value is -3.87. The molecule has 1 atom stereocenters. The molecule has 2 heterocycles. The number of fused-ring (bicyclic) bond motifs is 2. The van der Waals surface area contributed by atoms with E-state index in [1.165, 1.54) is 23.5 Å². The first kappa shape index (κ1) is 32.5. The van der Waals surface area contributed by atoms with Gasteiger partial charge in [-0.25, -0.2) is 4.68 Å². The number of ether oxygens (including phenoxy) is 2. The van der Waals surface area contributed by atoms with Gasteiger partial charge in [0.1, 0.15) is 5.52 Å². The summed E-state index contributed by atoms with van der Waals surface area (Å²) in [5.41, 5.74) is 6.45. The molecular formula is C32H37ClN4O7S. The summed E-state index contributed by atoms with van der Waals surface area (Å²) in [4.78, 5) is 12.9. The van der Waals surface area contributed by atoms with Gasteiger partial charge < -0.3 is 18.8 Å². The van der Waals surface area contributed by atoms with E-state index in [2.05, 4.69) is 10.3 Å². The smallest absolute Gasteiger partial charge is 0.385 e. The number of phenolic OH excluding ortho intramolecular Hbond substituents is 1. The van der Waals surface area contributed by atoms with Crippen LogP contribution < -0.4 is 8.92 Å². The normalized spacial score (nSPS) is 15.0. The molecule has 3 aromatic carbocycles. The molecule has 0 aliphatic carbocycles. The lowest BCUT2D eigenvalue weighted by Gasteiger charge is -2.29. The summed E-state index contributed by atoms with van der Waals surface area (Å²) in [5, 5.41) is 19.1. The van der Waals surface area contributed by atoms with E-state index in [1.54, 1.807) is 6.92 Å². The van der Waals surface area contributed by atoms with Crippen molar-refractivity contribution in [2.75, 3.05) is 19.6 Å². The first-order valence-electron chi connectivity index (χ1n) is 14.8. The number of nitrogens with zero attached hydrogens (tertiary/aromatic N) is 4. The number of aromatic hydroxyl groups is 1. The van der Waals surface area contributed by atoms with Crippen LogP contribution in [0.4, 0.5) is 0 Å². The number of benzene rings is 3. The minimum absolute atomic E-state index is 0.00146. The summed E-state index contributed by atoms with van der Waals surface area (Å²) in [6.07, 6.45) is 1.86. The van der Waals surface area contributed by atoms with Crippen LogP contribution in [0.5, 0.6) is 17.2 Å². The fourth-order valence-electron chi connectivity index (χ4n) is 5.67. The average Bonchev–Trinajstić information content (AvgIpc) is 3.42. The second-order valence-corrected chi connectivity index (χ2v) is 13.0. The monoisotopic (exact) mass is 656 g/mol. The number of carbonyl (C=O) groups excluding carboxylic acids is 1. The van der Waals surface area contributed by atoms with Gasteiger partial charge in [-0.3, -0.25) is 4.79 Å². The van der Waals surface area contributed by atoms with E-state index in [0.717, 1.165) is 51.7 Å². The molecule has 0 saturated carbocycles. The molecule has 0 saturated heterocycles. The summed E-state index contributed by atoms with van der Waals surface area (Å²) < 4.78 is 45.3. The highest BCUT2D eigenvalue weighted by Gasteiger charge is 2.33. The zero-order chi connectivity index (χ0) is 32.3. The largest absolute Gasteiger partial charge is 0.504 e. The third kappa shape index (κ3) is 6.87. The Morgan fingerprint density at radius 3 is 2.69 bits per heavy atom. The lowest BCUT2D eigenvalue weighted by molar-refractivity contribution is -0.143. The van der Waals surface area contributed by atoms with E-state index in [1.807, 2.05) is 48.9 Å². The van der Waals surface area contributed by atoms with E-state index in [0.29, 0.717) is 18.0 Å². The lowest BCUT2D eigenvalue weighted by Crippen LogP contribution is -2.37. The minimum atomic E-state index is -4.14. The molecular weight excluding hydrogens is 620 g/mol. The number of carbonyl (C=O) groups is 1. The van der Waals surface area contributed by atoms with Crippen molar-refractivity contribution in [2.45, 2.75) is 65.6 Å². The van der Waals surface area contributed by atoms with E-state index in [-0.39, 0.29) is 55.3 Å². The average molecular weight is 657 g/mol. The number of methoxy groups -OCH3 is 1. The van der Waals surface area contributed by atoms with Crippen LogP contribution in [0.2, 0.25) is 0 Å². The molecule has 1 unspecified atom stereocenters. The summed E-state index contributed by atoms with van der Waals surface area (Å²) in [6, 6.07) is 12.6. The summed E-state index contributed by atoms with van der Waals surface area (Å²) in [7, 11) is -2.76. The number of aromatic nitrogens is 3. The summed E-state index contributed by atoms with van der Waals surface area (Å²) in [6.45, 7) is 6.64. The fourth-order valence-corrected chi connectivity index (χ4v) is 6.94. The maximum atomic E-state index is 13.2. The van der Waals surface area contributed by atoms with Gasteiger partial charge in [-0.15, -0.1) is 16.7 Å². The molecule has 1 aliphatic rings. The van der Waals surface area contributed by atoms with Crippen LogP contribution in [0.3, 0.4) is 0 Å². The molecule has 0 amide bonds. The van der Waals surface area contributed by atoms with Crippen LogP contribution in [0.15, 0.2) is 42.5 Å². The SMILES string of the molecule is CCOC(=O)CC(c1ccc(C)c(CN2Cc3cc(O)c(OC)cc3OS2(=O)=O)c1)c1ccc2c(nnn2CCCCCl)c1C. The molecule has 45 heavy (non-hydrogen) atoms. The molecule has 13 heteroatoms. The van der Waals surface area contributed by atoms with E-state index in [4.69, 9.17) is 25.3 Å². The number of aryl methyl sites for hydroxylation is 3. The summed E-state index contributed by atoms with van der Waals surface area (Å²) >= 11 is 5.85. The van der Waals surface area contributed by atoms with Gasteiger partial charge in [0.2, 0.25) is 0 Å². The number of alkyl halides is 1. The maximum absolute atomic E-state index is 13.2. The van der Waals surface area contributed by atoms with Gasteiger partial charge in [-0.2, -0.15) is 12.7 Å². The Morgan fingerprint density at radius 1 is 1.16 bits per heavy atom. The van der Waals surface area contributed by atoms with Gasteiger partial charge in [0.15, 0.2) is 17.2 Å². The van der Waals surface area contributed by atoms with Crippen molar-refractivity contribution in [3.05, 3.63) is 75.8 Å². The predicted molar refractivity (Wildman–Crippen MR) is 170 cm³/mol. The van der Waals surface area contributed by atoms with Crippen LogP contribution in [0.1, 0.15) is 65.5 Å². The first-order chi connectivity index (χ1) is 21.6. The van der Waals surface area contributed by atoms with Crippen molar-refractivity contribution in [2.24, 2.45) is 0 Å². The highest BCUT2D eigenvalue weighted by Crippen LogP contribution is 2.39. The number of hydrogen-bond donors (Lipinski definition) is 1. The van der Waals surface area contributed by atoms with Crippen molar-refractivity contribution < 1.29 is 32.0 Å². The van der Waals surface area contributed by atoms with E-state index >= 15 is 0 Å². The highest BCUT2D eigenvalue weighted by atomic mass is 35.5. The molecule has 5 rings (SSSR count). The molecule has 0 radical (unpaired) electrons. The Labute approximate surface area is 267 Å². The molecule has 1 aromatic heterocycles. The molecule has 11 nitrogen and oxygen atoms in total. The van der Waals surface area contributed by atoms with E-state index < -0.39 is 10.3 Å². The van der Waals surface area contributed by atoms with Crippen LogP contribution in [-0.2, 0) is 39.5 Å². The van der Waals surface area contributed by atoms with Crippen LogP contribution in [0.25, 0.3) is 11.0 Å². The molecule has 240 valence electrons.